The van der Waals surface area contributed by atoms with Crippen LogP contribution in [0.25, 0.3) is 76.8 Å². The molecule has 1 nitrogen and oxygen atoms in total. The van der Waals surface area contributed by atoms with Crippen molar-refractivity contribution < 1.29 is 0 Å². The Morgan fingerprint density at radius 3 is 1.35 bits per heavy atom. The Bertz CT molecular complexity index is 2860. The molecular formula is C54H37N. The average Bonchev–Trinajstić information content (AvgIpc) is 3.27. The molecular weight excluding hydrogens is 663 g/mol. The van der Waals surface area contributed by atoms with Crippen LogP contribution in [0.4, 0.5) is 17.1 Å². The van der Waals surface area contributed by atoms with E-state index in [9.17, 15) is 0 Å². The minimum atomic E-state index is 1.10. The first-order valence-electron chi connectivity index (χ1n) is 18.9. The molecule has 0 radical (unpaired) electrons. The predicted molar refractivity (Wildman–Crippen MR) is 235 cm³/mol. The summed E-state index contributed by atoms with van der Waals surface area (Å²) in [6, 6.07) is 81.5. The molecule has 10 aromatic carbocycles. The van der Waals surface area contributed by atoms with Crippen molar-refractivity contribution in [1.29, 1.82) is 0 Å². The van der Waals surface area contributed by atoms with Gasteiger partial charge >= 0.3 is 0 Å². The van der Waals surface area contributed by atoms with Crippen LogP contribution in [-0.4, -0.2) is 0 Å². The molecule has 0 unspecified atom stereocenters. The van der Waals surface area contributed by atoms with Gasteiger partial charge in [-0.05, 0) is 114 Å². The Morgan fingerprint density at radius 1 is 0.236 bits per heavy atom. The van der Waals surface area contributed by atoms with E-state index < -0.39 is 0 Å². The lowest BCUT2D eigenvalue weighted by atomic mass is 9.92. The highest BCUT2D eigenvalue weighted by molar-refractivity contribution is 6.09. The maximum Gasteiger partial charge on any atom is 0.0540 e. The highest BCUT2D eigenvalue weighted by atomic mass is 15.1. The van der Waals surface area contributed by atoms with Crippen LogP contribution in [0, 0.1) is 0 Å². The van der Waals surface area contributed by atoms with Gasteiger partial charge in [0.1, 0.15) is 0 Å². The smallest absolute Gasteiger partial charge is 0.0540 e. The quantitative estimate of drug-likeness (QED) is 0.150. The molecule has 0 aliphatic rings. The number of benzene rings is 10. The van der Waals surface area contributed by atoms with E-state index in [1.165, 1.54) is 76.8 Å². The molecule has 0 aromatic heterocycles. The van der Waals surface area contributed by atoms with E-state index >= 15 is 0 Å². The zero-order valence-corrected chi connectivity index (χ0v) is 30.3. The molecule has 0 aliphatic carbocycles. The second-order valence-electron chi connectivity index (χ2n) is 14.1. The zero-order valence-electron chi connectivity index (χ0n) is 30.3. The lowest BCUT2D eigenvalue weighted by Crippen LogP contribution is -2.11. The number of hydrogen-bond donors (Lipinski definition) is 0. The summed E-state index contributed by atoms with van der Waals surface area (Å²) in [5.41, 5.74) is 12.9. The van der Waals surface area contributed by atoms with E-state index in [1.54, 1.807) is 0 Å². The second kappa shape index (κ2) is 14.0. The van der Waals surface area contributed by atoms with Crippen LogP contribution >= 0.6 is 0 Å². The van der Waals surface area contributed by atoms with Crippen molar-refractivity contribution in [2.24, 2.45) is 0 Å². The fraction of sp³-hybridized carbons (Fsp3) is 0. The number of nitrogens with zero attached hydrogens (tertiary/aromatic N) is 1. The van der Waals surface area contributed by atoms with Crippen LogP contribution in [-0.2, 0) is 0 Å². The molecule has 0 aliphatic heterocycles. The van der Waals surface area contributed by atoms with Crippen LogP contribution in [0.2, 0.25) is 0 Å². The average molecular weight is 700 g/mol. The number of fused-ring (bicyclic) bond motifs is 4. The first kappa shape index (κ1) is 32.4. The fourth-order valence-electron chi connectivity index (χ4n) is 8.07. The highest BCUT2D eigenvalue weighted by Gasteiger charge is 2.20. The van der Waals surface area contributed by atoms with Gasteiger partial charge in [0, 0.05) is 16.9 Å². The van der Waals surface area contributed by atoms with Crippen molar-refractivity contribution in [3.8, 4) is 44.5 Å². The van der Waals surface area contributed by atoms with Crippen molar-refractivity contribution >= 4 is 49.4 Å². The number of hydrogen-bond acceptors (Lipinski definition) is 1. The van der Waals surface area contributed by atoms with Crippen molar-refractivity contribution in [1.82, 2.24) is 0 Å². The van der Waals surface area contributed by atoms with Gasteiger partial charge in [-0.25, -0.2) is 0 Å². The summed E-state index contributed by atoms with van der Waals surface area (Å²) in [6.45, 7) is 0. The summed E-state index contributed by atoms with van der Waals surface area (Å²) in [4.78, 5) is 2.41. The normalized spacial score (nSPS) is 11.3. The van der Waals surface area contributed by atoms with Crippen LogP contribution in [0.5, 0.6) is 0 Å². The van der Waals surface area contributed by atoms with Gasteiger partial charge in [-0.15, -0.1) is 0 Å². The molecule has 0 atom stereocenters. The molecule has 0 spiro atoms. The van der Waals surface area contributed by atoms with Gasteiger partial charge in [0.15, 0.2) is 0 Å². The van der Waals surface area contributed by atoms with E-state index in [1.807, 2.05) is 0 Å². The lowest BCUT2D eigenvalue weighted by molar-refractivity contribution is 1.28. The summed E-state index contributed by atoms with van der Waals surface area (Å²) in [5, 5.41) is 7.51. The number of rotatable bonds is 7. The number of anilines is 3. The van der Waals surface area contributed by atoms with Crippen molar-refractivity contribution in [3.63, 3.8) is 0 Å². The molecule has 10 rings (SSSR count). The zero-order chi connectivity index (χ0) is 36.6. The van der Waals surface area contributed by atoms with E-state index in [0.29, 0.717) is 0 Å². The summed E-state index contributed by atoms with van der Waals surface area (Å²) < 4.78 is 0. The molecule has 0 fully saturated rings. The largest absolute Gasteiger partial charge is 0.310 e. The summed E-state index contributed by atoms with van der Waals surface area (Å²) in [7, 11) is 0. The van der Waals surface area contributed by atoms with Crippen LogP contribution in [0.15, 0.2) is 224 Å². The van der Waals surface area contributed by atoms with Gasteiger partial charge in [0.05, 0.1) is 5.69 Å². The minimum Gasteiger partial charge on any atom is -0.310 e. The van der Waals surface area contributed by atoms with Gasteiger partial charge in [-0.2, -0.15) is 0 Å². The van der Waals surface area contributed by atoms with Crippen molar-refractivity contribution in [3.05, 3.63) is 224 Å². The van der Waals surface area contributed by atoms with Crippen LogP contribution < -0.4 is 4.90 Å². The van der Waals surface area contributed by atoms with Crippen molar-refractivity contribution in [2.75, 3.05) is 4.90 Å². The Balaban J connectivity index is 1.17. The van der Waals surface area contributed by atoms with E-state index in [-0.39, 0.29) is 0 Å². The monoisotopic (exact) mass is 699 g/mol. The molecule has 10 aromatic rings. The Morgan fingerprint density at radius 2 is 0.691 bits per heavy atom. The molecule has 1 heteroatoms. The Hall–Kier alpha value is -7.22. The van der Waals surface area contributed by atoms with E-state index in [0.717, 1.165) is 17.1 Å². The lowest BCUT2D eigenvalue weighted by Gasteiger charge is -2.29. The molecule has 0 saturated carbocycles. The molecule has 0 N–H and O–H groups in total. The van der Waals surface area contributed by atoms with E-state index in [4.69, 9.17) is 0 Å². The fourth-order valence-corrected chi connectivity index (χ4v) is 8.07. The third-order valence-electron chi connectivity index (χ3n) is 10.9. The van der Waals surface area contributed by atoms with Crippen LogP contribution in [0.3, 0.4) is 0 Å². The van der Waals surface area contributed by atoms with Crippen LogP contribution in [0.1, 0.15) is 0 Å². The third-order valence-corrected chi connectivity index (χ3v) is 10.9. The van der Waals surface area contributed by atoms with Crippen molar-refractivity contribution in [2.45, 2.75) is 0 Å². The van der Waals surface area contributed by atoms with E-state index in [2.05, 4.69) is 229 Å². The molecule has 0 saturated heterocycles. The maximum atomic E-state index is 2.41. The second-order valence-corrected chi connectivity index (χ2v) is 14.1. The molecule has 55 heavy (non-hydrogen) atoms. The summed E-state index contributed by atoms with van der Waals surface area (Å²) in [5.74, 6) is 0. The van der Waals surface area contributed by atoms with Gasteiger partial charge < -0.3 is 4.90 Å². The van der Waals surface area contributed by atoms with Gasteiger partial charge in [0.25, 0.3) is 0 Å². The Labute approximate surface area is 322 Å². The van der Waals surface area contributed by atoms with Gasteiger partial charge in [-0.1, -0.05) is 182 Å². The predicted octanol–water partition coefficient (Wildman–Crippen LogP) is 15.3. The molecule has 0 heterocycles. The standard InChI is InChI=1S/C54H37N/c1-3-12-38(13-4-1)40-24-30-47(31-25-40)55(48-32-26-41(27-33-48)39-14-5-2-6-15-39)54-35-29-45(37-53(54)52-21-11-18-42-16-7-10-20-50(42)52)44-28-34-51-46(36-44)23-22-43-17-8-9-19-49(43)51/h1-37H. The maximum absolute atomic E-state index is 2.41. The van der Waals surface area contributed by atoms with Gasteiger partial charge in [0.2, 0.25) is 0 Å². The topological polar surface area (TPSA) is 3.24 Å². The summed E-state index contributed by atoms with van der Waals surface area (Å²) in [6.07, 6.45) is 0. The highest BCUT2D eigenvalue weighted by Crippen LogP contribution is 2.45. The summed E-state index contributed by atoms with van der Waals surface area (Å²) >= 11 is 0. The third kappa shape index (κ3) is 6.12. The molecule has 0 bridgehead atoms. The van der Waals surface area contributed by atoms with Gasteiger partial charge in [-0.3, -0.25) is 0 Å². The SMILES string of the molecule is c1ccc(-c2ccc(N(c3ccc(-c4ccccc4)cc3)c3ccc(-c4ccc5c(ccc6ccccc65)c4)cc3-c3cccc4ccccc34)cc2)cc1. The molecule has 258 valence electrons. The Kier molecular flexibility index (Phi) is 8.24. The first-order valence-corrected chi connectivity index (χ1v) is 18.9. The minimum absolute atomic E-state index is 1.10. The first-order chi connectivity index (χ1) is 27.3. The molecule has 0 amide bonds.